The van der Waals surface area contributed by atoms with Gasteiger partial charge in [0, 0.05) is 27.5 Å². The normalized spacial score (nSPS) is 10.8. The van der Waals surface area contributed by atoms with Crippen molar-refractivity contribution >= 4 is 41.4 Å². The Kier molecular flexibility index (Phi) is 6.44. The maximum absolute atomic E-state index is 14.2. The SMILES string of the molecule is Cc1cc([S-])c(P(=O)(c2ccccc2)c2ccccc2)cc1[N+](=O)[O-].[Li+]. The van der Waals surface area contributed by atoms with E-state index in [-0.39, 0.29) is 24.5 Å². The Balaban J connectivity index is 0.00000243. The van der Waals surface area contributed by atoms with E-state index >= 15 is 0 Å². The van der Waals surface area contributed by atoms with Crippen molar-refractivity contribution < 1.29 is 28.3 Å². The minimum absolute atomic E-state index is 0. The summed E-state index contributed by atoms with van der Waals surface area (Å²) < 4.78 is 14.2. The van der Waals surface area contributed by atoms with Crippen LogP contribution in [0.5, 0.6) is 0 Å². The van der Waals surface area contributed by atoms with E-state index in [1.807, 2.05) is 12.1 Å². The van der Waals surface area contributed by atoms with Gasteiger partial charge in [0.2, 0.25) is 0 Å². The van der Waals surface area contributed by atoms with E-state index in [1.165, 1.54) is 6.07 Å². The summed E-state index contributed by atoms with van der Waals surface area (Å²) in [6, 6.07) is 20.9. The van der Waals surface area contributed by atoms with Crippen LogP contribution in [0.25, 0.3) is 0 Å². The summed E-state index contributed by atoms with van der Waals surface area (Å²) in [7, 11) is -3.31. The molecule has 0 bridgehead atoms. The molecule has 0 aliphatic rings. The molecule has 0 aliphatic heterocycles. The van der Waals surface area contributed by atoms with Gasteiger partial charge < -0.3 is 17.2 Å². The molecule has 0 radical (unpaired) electrons. The van der Waals surface area contributed by atoms with Crippen LogP contribution in [0.2, 0.25) is 0 Å². The van der Waals surface area contributed by atoms with Gasteiger partial charge in [-0.2, -0.15) is 4.90 Å². The molecule has 4 nitrogen and oxygen atoms in total. The second-order valence-electron chi connectivity index (χ2n) is 5.64. The van der Waals surface area contributed by atoms with Crippen LogP contribution in [-0.2, 0) is 17.2 Å². The van der Waals surface area contributed by atoms with Gasteiger partial charge in [-0.05, 0) is 6.92 Å². The second-order valence-corrected chi connectivity index (χ2v) is 8.82. The van der Waals surface area contributed by atoms with Gasteiger partial charge in [-0.3, -0.25) is 10.1 Å². The number of nitro benzene ring substituents is 1. The van der Waals surface area contributed by atoms with Crippen LogP contribution >= 0.6 is 7.14 Å². The van der Waals surface area contributed by atoms with Crippen molar-refractivity contribution in [3.8, 4) is 0 Å². The Bertz CT molecular complexity index is 937. The maximum Gasteiger partial charge on any atom is 1.00 e. The standard InChI is InChI=1S/C19H16NO3PS.Li/c1-14-12-19(25)18(13-17(14)20(21)22)24(23,15-8-4-2-5-9-15)16-10-6-3-7-11-16;/h2-13,25H,1H3;/q;+1/p-1. The summed E-state index contributed by atoms with van der Waals surface area (Å²) >= 11 is 5.44. The Morgan fingerprint density at radius 2 is 1.38 bits per heavy atom. The molecular formula is C19H15LiNO3PS. The van der Waals surface area contributed by atoms with Crippen molar-refractivity contribution in [3.63, 3.8) is 0 Å². The number of rotatable bonds is 4. The molecule has 3 aromatic rings. The number of nitrogens with zero attached hydrogens (tertiary/aromatic N) is 1. The molecule has 0 aromatic heterocycles. The smallest absolute Gasteiger partial charge is 0.779 e. The summed E-state index contributed by atoms with van der Waals surface area (Å²) in [4.78, 5) is 11.3. The minimum atomic E-state index is -3.31. The molecule has 0 N–H and O–H groups in total. The van der Waals surface area contributed by atoms with Crippen molar-refractivity contribution in [2.75, 3.05) is 0 Å². The van der Waals surface area contributed by atoms with E-state index in [1.54, 1.807) is 61.5 Å². The Morgan fingerprint density at radius 1 is 0.923 bits per heavy atom. The van der Waals surface area contributed by atoms with Gasteiger partial charge in [-0.15, -0.1) is 0 Å². The van der Waals surface area contributed by atoms with E-state index in [0.717, 1.165) is 0 Å². The van der Waals surface area contributed by atoms with Gasteiger partial charge in [0.1, 0.15) is 0 Å². The molecule has 0 atom stereocenters. The Hall–Kier alpha value is -1.89. The first-order chi connectivity index (χ1) is 11.9. The molecule has 0 aliphatic carbocycles. The summed E-state index contributed by atoms with van der Waals surface area (Å²) in [6.07, 6.45) is 0. The first kappa shape index (κ1) is 20.4. The quantitative estimate of drug-likeness (QED) is 0.219. The molecule has 0 saturated carbocycles. The summed E-state index contributed by atoms with van der Waals surface area (Å²) in [6.45, 7) is 1.63. The molecule has 126 valence electrons. The van der Waals surface area contributed by atoms with Gasteiger partial charge >= 0.3 is 18.9 Å². The van der Waals surface area contributed by atoms with Crippen molar-refractivity contribution in [3.05, 3.63) is 88.5 Å². The number of hydrogen-bond acceptors (Lipinski definition) is 4. The molecule has 0 amide bonds. The minimum Gasteiger partial charge on any atom is -0.779 e. The zero-order valence-electron chi connectivity index (χ0n) is 14.5. The van der Waals surface area contributed by atoms with Gasteiger partial charge in [0.15, 0.2) is 7.14 Å². The van der Waals surface area contributed by atoms with Crippen LogP contribution in [0.1, 0.15) is 5.56 Å². The van der Waals surface area contributed by atoms with Crippen LogP contribution < -0.4 is 34.8 Å². The largest absolute Gasteiger partial charge is 1.00 e. The van der Waals surface area contributed by atoms with E-state index in [0.29, 0.717) is 26.4 Å². The Morgan fingerprint density at radius 3 is 1.81 bits per heavy atom. The fraction of sp³-hybridized carbons (Fsp3) is 0.0526. The average molecular weight is 375 g/mol. The molecule has 0 spiro atoms. The van der Waals surface area contributed by atoms with Crippen molar-refractivity contribution in [2.45, 2.75) is 11.8 Å². The summed E-state index contributed by atoms with van der Waals surface area (Å²) in [5.41, 5.74) is 0.391. The molecule has 26 heavy (non-hydrogen) atoms. The van der Waals surface area contributed by atoms with Crippen LogP contribution in [0, 0.1) is 17.0 Å². The molecule has 0 saturated heterocycles. The van der Waals surface area contributed by atoms with Gasteiger partial charge in [0.05, 0.1) is 4.92 Å². The third-order valence-corrected chi connectivity index (χ3v) is 7.64. The molecule has 7 heteroatoms. The number of hydrogen-bond donors (Lipinski definition) is 0. The zero-order valence-corrected chi connectivity index (χ0v) is 16.2. The number of nitro groups is 1. The van der Waals surface area contributed by atoms with Crippen molar-refractivity contribution in [1.82, 2.24) is 0 Å². The molecule has 3 aromatic carbocycles. The molecule has 0 heterocycles. The molecular weight excluding hydrogens is 360 g/mol. The molecule has 0 fully saturated rings. The van der Waals surface area contributed by atoms with Crippen LogP contribution in [0.3, 0.4) is 0 Å². The average Bonchev–Trinajstić information content (AvgIpc) is 2.62. The van der Waals surface area contributed by atoms with Crippen molar-refractivity contribution in [2.24, 2.45) is 0 Å². The van der Waals surface area contributed by atoms with Gasteiger partial charge in [-0.1, -0.05) is 66.7 Å². The fourth-order valence-corrected chi connectivity index (χ4v) is 6.14. The van der Waals surface area contributed by atoms with E-state index in [2.05, 4.69) is 0 Å². The van der Waals surface area contributed by atoms with E-state index < -0.39 is 12.1 Å². The van der Waals surface area contributed by atoms with Crippen LogP contribution in [-0.4, -0.2) is 4.92 Å². The monoisotopic (exact) mass is 375 g/mol. The maximum atomic E-state index is 14.2. The first-order valence-electron chi connectivity index (χ1n) is 7.62. The van der Waals surface area contributed by atoms with Crippen molar-refractivity contribution in [1.29, 1.82) is 0 Å². The third kappa shape index (κ3) is 3.63. The third-order valence-electron chi connectivity index (χ3n) is 4.05. The van der Waals surface area contributed by atoms with E-state index in [4.69, 9.17) is 12.6 Å². The predicted molar refractivity (Wildman–Crippen MR) is 103 cm³/mol. The predicted octanol–water partition coefficient (Wildman–Crippen LogP) is 0.452. The first-order valence-corrected chi connectivity index (χ1v) is 9.74. The Labute approximate surface area is 169 Å². The summed E-state index contributed by atoms with van der Waals surface area (Å²) in [5, 5.41) is 12.9. The zero-order chi connectivity index (χ0) is 18.0. The van der Waals surface area contributed by atoms with Gasteiger partial charge in [0.25, 0.3) is 5.69 Å². The molecule has 3 rings (SSSR count). The number of benzene rings is 3. The number of aryl methyl sites for hydroxylation is 1. The van der Waals surface area contributed by atoms with E-state index in [9.17, 15) is 14.7 Å². The van der Waals surface area contributed by atoms with Gasteiger partial charge in [-0.25, -0.2) is 0 Å². The fourth-order valence-electron chi connectivity index (χ4n) is 2.80. The van der Waals surface area contributed by atoms with Crippen LogP contribution in [0.4, 0.5) is 5.69 Å². The summed E-state index contributed by atoms with van der Waals surface area (Å²) in [5.74, 6) is 0. The second kappa shape index (κ2) is 8.20. The van der Waals surface area contributed by atoms with Crippen LogP contribution in [0.15, 0.2) is 77.7 Å². The topological polar surface area (TPSA) is 60.2 Å². The molecule has 0 unspecified atom stereocenters.